The summed E-state index contributed by atoms with van der Waals surface area (Å²) in [5.41, 5.74) is -2.38. The third kappa shape index (κ3) is 1.87. The van der Waals surface area contributed by atoms with Gasteiger partial charge in [-0.1, -0.05) is 19.8 Å². The maximum absolute atomic E-state index is 13.6. The van der Waals surface area contributed by atoms with Crippen LogP contribution < -0.4 is 0 Å². The predicted octanol–water partition coefficient (Wildman–Crippen LogP) is 4.74. The average molecular weight is 284 g/mol. The van der Waals surface area contributed by atoms with Crippen LogP contribution in [-0.2, 0) is 0 Å². The lowest BCUT2D eigenvalue weighted by atomic mass is 9.77. The Labute approximate surface area is 98.3 Å². The first-order chi connectivity index (χ1) is 7.90. The number of halogens is 8. The van der Waals surface area contributed by atoms with Crippen LogP contribution in [0.15, 0.2) is 0 Å². The van der Waals surface area contributed by atoms with Gasteiger partial charge >= 0.3 is 24.2 Å². The van der Waals surface area contributed by atoms with Crippen LogP contribution in [0.2, 0.25) is 0 Å². The van der Waals surface area contributed by atoms with Crippen molar-refractivity contribution in [2.75, 3.05) is 0 Å². The second-order valence-electron chi connectivity index (χ2n) is 4.84. The van der Waals surface area contributed by atoms with Crippen molar-refractivity contribution >= 4 is 0 Å². The van der Waals surface area contributed by atoms with E-state index in [0.717, 1.165) is 6.92 Å². The van der Waals surface area contributed by atoms with Crippen molar-refractivity contribution in [3.8, 4) is 0 Å². The fourth-order valence-corrected chi connectivity index (χ4v) is 2.19. The third-order valence-corrected chi connectivity index (χ3v) is 3.55. The van der Waals surface area contributed by atoms with Gasteiger partial charge in [-0.15, -0.1) is 0 Å². The van der Waals surface area contributed by atoms with E-state index >= 15 is 0 Å². The molecule has 1 aliphatic carbocycles. The van der Waals surface area contributed by atoms with Crippen LogP contribution in [0.25, 0.3) is 0 Å². The Morgan fingerprint density at radius 2 is 1.28 bits per heavy atom. The molecule has 1 rings (SSSR count). The minimum absolute atomic E-state index is 0.183. The third-order valence-electron chi connectivity index (χ3n) is 3.55. The molecule has 108 valence electrons. The molecule has 0 aromatic heterocycles. The average Bonchev–Trinajstić information content (AvgIpc) is 2.65. The van der Waals surface area contributed by atoms with Gasteiger partial charge in [-0.25, -0.2) is 8.78 Å². The van der Waals surface area contributed by atoms with E-state index in [0.29, 0.717) is 0 Å². The summed E-state index contributed by atoms with van der Waals surface area (Å²) in [6, 6.07) is 0. The maximum Gasteiger partial charge on any atom is 0.378 e. The quantitative estimate of drug-likeness (QED) is 0.654. The Morgan fingerprint density at radius 1 is 0.889 bits per heavy atom. The molecule has 8 heteroatoms. The summed E-state index contributed by atoms with van der Waals surface area (Å²) in [7, 11) is 0. The van der Waals surface area contributed by atoms with Gasteiger partial charge in [0.2, 0.25) is 0 Å². The molecule has 0 bridgehead atoms. The summed E-state index contributed by atoms with van der Waals surface area (Å²) in [6.45, 7) is 0.732. The molecule has 0 N–H and O–H groups in total. The summed E-state index contributed by atoms with van der Waals surface area (Å²) in [5.74, 6) is -17.3. The van der Waals surface area contributed by atoms with Crippen LogP contribution in [0.1, 0.15) is 32.6 Å². The molecule has 0 aliphatic heterocycles. The van der Waals surface area contributed by atoms with Gasteiger partial charge in [-0.05, 0) is 12.8 Å². The Hall–Kier alpha value is -0.560. The van der Waals surface area contributed by atoms with Crippen LogP contribution >= 0.6 is 0 Å². The number of alkyl halides is 8. The summed E-state index contributed by atoms with van der Waals surface area (Å²) >= 11 is 0. The van der Waals surface area contributed by atoms with E-state index in [4.69, 9.17) is 0 Å². The zero-order valence-electron chi connectivity index (χ0n) is 9.43. The van der Waals surface area contributed by atoms with Crippen LogP contribution in [0.3, 0.4) is 0 Å². The van der Waals surface area contributed by atoms with Crippen molar-refractivity contribution in [2.45, 2.75) is 56.8 Å². The second-order valence-corrected chi connectivity index (χ2v) is 4.84. The van der Waals surface area contributed by atoms with Crippen LogP contribution in [-0.4, -0.2) is 24.2 Å². The smallest absolute Gasteiger partial charge is 0.203 e. The normalized spacial score (nSPS) is 21.7. The molecule has 0 atom stereocenters. The fourth-order valence-electron chi connectivity index (χ4n) is 2.19. The highest BCUT2D eigenvalue weighted by Gasteiger charge is 2.79. The van der Waals surface area contributed by atoms with Gasteiger partial charge in [0, 0.05) is 5.41 Å². The van der Waals surface area contributed by atoms with Gasteiger partial charge in [0.25, 0.3) is 0 Å². The topological polar surface area (TPSA) is 0 Å². The van der Waals surface area contributed by atoms with E-state index in [-0.39, 0.29) is 12.8 Å². The first-order valence-corrected chi connectivity index (χ1v) is 5.32. The highest BCUT2D eigenvalue weighted by atomic mass is 19.4. The largest absolute Gasteiger partial charge is 0.378 e. The molecule has 1 saturated carbocycles. The van der Waals surface area contributed by atoms with Gasteiger partial charge in [-0.2, -0.15) is 26.3 Å². The first-order valence-electron chi connectivity index (χ1n) is 5.32. The molecule has 18 heavy (non-hydrogen) atoms. The van der Waals surface area contributed by atoms with E-state index in [9.17, 15) is 35.1 Å². The zero-order valence-corrected chi connectivity index (χ0v) is 9.43. The molecule has 0 aromatic rings. The summed E-state index contributed by atoms with van der Waals surface area (Å²) < 4.78 is 103. The highest BCUT2D eigenvalue weighted by Crippen LogP contribution is 2.60. The zero-order chi connectivity index (χ0) is 14.4. The van der Waals surface area contributed by atoms with Crippen molar-refractivity contribution in [3.05, 3.63) is 0 Å². The predicted molar refractivity (Wildman–Crippen MR) is 47.4 cm³/mol. The molecule has 0 nitrogen and oxygen atoms in total. The molecule has 0 radical (unpaired) electrons. The van der Waals surface area contributed by atoms with Gasteiger partial charge < -0.3 is 0 Å². The Balaban J connectivity index is 3.17. The minimum Gasteiger partial charge on any atom is -0.203 e. The SMILES string of the molecule is CC1(C(F)(F)C(F)(F)C(F)(F)C(F)F)CCCC1. The standard InChI is InChI=1S/C10H12F8/c1-7(4-2-3-5-7)9(15,16)10(17,18)8(13,14)6(11)12/h6H,2-5H2,1H3. The molecular weight excluding hydrogens is 272 g/mol. The number of hydrogen-bond donors (Lipinski definition) is 0. The Kier molecular flexibility index (Phi) is 3.64. The van der Waals surface area contributed by atoms with Gasteiger partial charge in [0.05, 0.1) is 0 Å². The van der Waals surface area contributed by atoms with Crippen molar-refractivity contribution in [3.63, 3.8) is 0 Å². The monoisotopic (exact) mass is 284 g/mol. The second kappa shape index (κ2) is 4.23. The molecule has 0 amide bonds. The number of rotatable bonds is 4. The van der Waals surface area contributed by atoms with Gasteiger partial charge in [0.1, 0.15) is 0 Å². The highest BCUT2D eigenvalue weighted by molar-refractivity contribution is 5.06. The lowest BCUT2D eigenvalue weighted by molar-refractivity contribution is -0.363. The maximum atomic E-state index is 13.6. The summed E-state index contributed by atoms with van der Waals surface area (Å²) in [4.78, 5) is 0. The minimum atomic E-state index is -6.08. The van der Waals surface area contributed by atoms with E-state index in [1.165, 1.54) is 0 Å². The number of hydrogen-bond acceptors (Lipinski definition) is 0. The van der Waals surface area contributed by atoms with E-state index < -0.39 is 42.4 Å². The Morgan fingerprint density at radius 3 is 1.61 bits per heavy atom. The van der Waals surface area contributed by atoms with Gasteiger partial charge in [-0.3, -0.25) is 0 Å². The molecule has 1 fully saturated rings. The molecule has 0 aromatic carbocycles. The van der Waals surface area contributed by atoms with Crippen LogP contribution in [0.5, 0.6) is 0 Å². The first kappa shape index (κ1) is 15.5. The van der Waals surface area contributed by atoms with E-state index in [1.807, 2.05) is 0 Å². The van der Waals surface area contributed by atoms with Crippen LogP contribution in [0.4, 0.5) is 35.1 Å². The van der Waals surface area contributed by atoms with E-state index in [1.54, 1.807) is 0 Å². The lowest BCUT2D eigenvalue weighted by Gasteiger charge is -2.41. The molecule has 0 heterocycles. The lowest BCUT2D eigenvalue weighted by Crippen LogP contribution is -2.62. The molecular formula is C10H12F8. The fraction of sp³-hybridized carbons (Fsp3) is 1.00. The van der Waals surface area contributed by atoms with Crippen LogP contribution in [0, 0.1) is 5.41 Å². The van der Waals surface area contributed by atoms with Crippen molar-refractivity contribution in [2.24, 2.45) is 5.41 Å². The Bertz CT molecular complexity index is 288. The van der Waals surface area contributed by atoms with Crippen molar-refractivity contribution in [1.29, 1.82) is 0 Å². The van der Waals surface area contributed by atoms with E-state index in [2.05, 4.69) is 0 Å². The summed E-state index contributed by atoms with van der Waals surface area (Å²) in [6.07, 6.45) is -5.27. The van der Waals surface area contributed by atoms with Crippen molar-refractivity contribution in [1.82, 2.24) is 0 Å². The summed E-state index contributed by atoms with van der Waals surface area (Å²) in [5, 5.41) is 0. The van der Waals surface area contributed by atoms with Gasteiger partial charge in [0.15, 0.2) is 0 Å². The molecule has 0 saturated heterocycles. The molecule has 0 spiro atoms. The molecule has 0 unspecified atom stereocenters. The molecule has 1 aliphatic rings. The van der Waals surface area contributed by atoms with Crippen molar-refractivity contribution < 1.29 is 35.1 Å².